The first-order valence-corrected chi connectivity index (χ1v) is 8.15. The van der Waals surface area contributed by atoms with E-state index in [1.165, 1.54) is 19.1 Å². The number of nitrogens with zero attached hydrogens (tertiary/aromatic N) is 1. The van der Waals surface area contributed by atoms with Crippen LogP contribution in [-0.4, -0.2) is 29.2 Å². The van der Waals surface area contributed by atoms with Crippen molar-refractivity contribution in [3.63, 3.8) is 0 Å². The lowest BCUT2D eigenvalue weighted by Crippen LogP contribution is -2.39. The summed E-state index contributed by atoms with van der Waals surface area (Å²) in [6.07, 6.45) is 0. The zero-order valence-electron chi connectivity index (χ0n) is 14.7. The van der Waals surface area contributed by atoms with Gasteiger partial charge in [-0.05, 0) is 44.5 Å². The van der Waals surface area contributed by atoms with Crippen molar-refractivity contribution in [2.24, 2.45) is 0 Å². The average Bonchev–Trinajstić information content (AvgIpc) is 2.58. The molecule has 2 rings (SSSR count). The van der Waals surface area contributed by atoms with Gasteiger partial charge in [-0.1, -0.05) is 30.3 Å². The van der Waals surface area contributed by atoms with Crippen molar-refractivity contribution in [2.45, 2.75) is 33.4 Å². The molecule has 0 spiro atoms. The Labute approximate surface area is 147 Å². The van der Waals surface area contributed by atoms with E-state index >= 15 is 0 Å². The molecule has 132 valence electrons. The first-order chi connectivity index (χ1) is 11.9. The van der Waals surface area contributed by atoms with Crippen molar-refractivity contribution in [2.75, 3.05) is 6.61 Å². The van der Waals surface area contributed by atoms with Crippen LogP contribution in [0.25, 0.3) is 0 Å². The molecule has 1 amide bonds. The molecule has 0 atom stereocenters. The lowest BCUT2D eigenvalue weighted by atomic mass is 10.1. The van der Waals surface area contributed by atoms with Gasteiger partial charge in [0.1, 0.15) is 11.6 Å². The van der Waals surface area contributed by atoms with E-state index in [-0.39, 0.29) is 35.7 Å². The molecule has 0 saturated carbocycles. The molecule has 0 aliphatic heterocycles. The van der Waals surface area contributed by atoms with Gasteiger partial charge < -0.3 is 9.64 Å². The number of Topliss-reactive ketones (excluding diaryl/α,β-unsaturated/α-hetero) is 1. The number of benzene rings is 2. The Morgan fingerprint density at radius 3 is 2.40 bits per heavy atom. The molecule has 0 N–H and O–H groups in total. The van der Waals surface area contributed by atoms with E-state index < -0.39 is 5.82 Å². The van der Waals surface area contributed by atoms with Gasteiger partial charge in [-0.25, -0.2) is 4.39 Å². The van der Waals surface area contributed by atoms with Crippen molar-refractivity contribution in [3.05, 3.63) is 65.5 Å². The molecule has 0 fully saturated rings. The molecule has 0 unspecified atom stereocenters. The maximum atomic E-state index is 13.3. The monoisotopic (exact) mass is 343 g/mol. The SMILES string of the molecule is CC(=O)c1cc(F)ccc1OCC(=O)N(Cc1ccccc1)C(C)C. The highest BCUT2D eigenvalue weighted by Crippen LogP contribution is 2.20. The van der Waals surface area contributed by atoms with Gasteiger partial charge in [-0.2, -0.15) is 0 Å². The molecular formula is C20H22FNO3. The Kier molecular flexibility index (Phi) is 6.28. The molecule has 25 heavy (non-hydrogen) atoms. The number of carbonyl (C=O) groups excluding carboxylic acids is 2. The number of carbonyl (C=O) groups is 2. The predicted molar refractivity (Wildman–Crippen MR) is 94.0 cm³/mol. The van der Waals surface area contributed by atoms with Crippen LogP contribution in [0.1, 0.15) is 36.7 Å². The summed E-state index contributed by atoms with van der Waals surface area (Å²) in [5.74, 6) is -0.813. The Bertz CT molecular complexity index is 744. The maximum absolute atomic E-state index is 13.3. The Morgan fingerprint density at radius 2 is 1.80 bits per heavy atom. The molecule has 2 aromatic carbocycles. The van der Waals surface area contributed by atoms with Gasteiger partial charge in [0, 0.05) is 12.6 Å². The summed E-state index contributed by atoms with van der Waals surface area (Å²) in [6.45, 7) is 5.46. The molecular weight excluding hydrogens is 321 g/mol. The second-order valence-corrected chi connectivity index (χ2v) is 6.09. The highest BCUT2D eigenvalue weighted by molar-refractivity contribution is 5.96. The van der Waals surface area contributed by atoms with E-state index in [9.17, 15) is 14.0 Å². The minimum absolute atomic E-state index is 0.00296. The van der Waals surface area contributed by atoms with Crippen LogP contribution >= 0.6 is 0 Å². The van der Waals surface area contributed by atoms with E-state index in [0.29, 0.717) is 6.54 Å². The van der Waals surface area contributed by atoms with Gasteiger partial charge in [0.15, 0.2) is 12.4 Å². The van der Waals surface area contributed by atoms with Crippen LogP contribution in [0, 0.1) is 5.82 Å². The largest absolute Gasteiger partial charge is 0.483 e. The van der Waals surface area contributed by atoms with E-state index in [1.807, 2.05) is 44.2 Å². The fourth-order valence-electron chi connectivity index (χ4n) is 2.46. The van der Waals surface area contributed by atoms with Crippen LogP contribution in [0.5, 0.6) is 5.75 Å². The van der Waals surface area contributed by atoms with Crippen molar-refractivity contribution in [1.29, 1.82) is 0 Å². The van der Waals surface area contributed by atoms with Crippen LogP contribution in [0.15, 0.2) is 48.5 Å². The van der Waals surface area contributed by atoms with E-state index in [2.05, 4.69) is 0 Å². The molecule has 5 heteroatoms. The molecule has 0 aliphatic carbocycles. The number of rotatable bonds is 7. The molecule has 0 aliphatic rings. The van der Waals surface area contributed by atoms with Crippen molar-refractivity contribution in [1.82, 2.24) is 4.90 Å². The van der Waals surface area contributed by atoms with E-state index in [4.69, 9.17) is 4.74 Å². The predicted octanol–water partition coefficient (Wildman–Crippen LogP) is 3.84. The summed E-state index contributed by atoms with van der Waals surface area (Å²) >= 11 is 0. The molecule has 0 bridgehead atoms. The number of amides is 1. The lowest BCUT2D eigenvalue weighted by Gasteiger charge is -2.27. The maximum Gasteiger partial charge on any atom is 0.261 e. The molecule has 0 radical (unpaired) electrons. The highest BCUT2D eigenvalue weighted by Gasteiger charge is 2.19. The second-order valence-electron chi connectivity index (χ2n) is 6.09. The zero-order chi connectivity index (χ0) is 18.4. The summed E-state index contributed by atoms with van der Waals surface area (Å²) in [7, 11) is 0. The minimum atomic E-state index is -0.517. The third-order valence-corrected chi connectivity index (χ3v) is 3.81. The summed E-state index contributed by atoms with van der Waals surface area (Å²) in [5.41, 5.74) is 1.16. The summed E-state index contributed by atoms with van der Waals surface area (Å²) in [4.78, 5) is 25.9. The van der Waals surface area contributed by atoms with Crippen LogP contribution in [-0.2, 0) is 11.3 Å². The van der Waals surface area contributed by atoms with Crippen LogP contribution in [0.2, 0.25) is 0 Å². The minimum Gasteiger partial charge on any atom is -0.483 e. The number of ketones is 1. The summed E-state index contributed by atoms with van der Waals surface area (Å²) in [5, 5.41) is 0. The van der Waals surface area contributed by atoms with Gasteiger partial charge in [-0.15, -0.1) is 0 Å². The van der Waals surface area contributed by atoms with Gasteiger partial charge in [0.05, 0.1) is 5.56 Å². The number of hydrogen-bond acceptors (Lipinski definition) is 3. The fraction of sp³-hybridized carbons (Fsp3) is 0.300. The van der Waals surface area contributed by atoms with Crippen molar-refractivity contribution < 1.29 is 18.7 Å². The second kappa shape index (κ2) is 8.42. The van der Waals surface area contributed by atoms with Crippen molar-refractivity contribution in [3.8, 4) is 5.75 Å². The standard InChI is InChI=1S/C20H22FNO3/c1-14(2)22(12-16-7-5-4-6-8-16)20(24)13-25-19-10-9-17(21)11-18(19)15(3)23/h4-11,14H,12-13H2,1-3H3. The molecule has 0 heterocycles. The van der Waals surface area contributed by atoms with Crippen molar-refractivity contribution >= 4 is 11.7 Å². The van der Waals surface area contributed by atoms with E-state index in [0.717, 1.165) is 11.6 Å². The van der Waals surface area contributed by atoms with Gasteiger partial charge in [0.2, 0.25) is 0 Å². The Morgan fingerprint density at radius 1 is 1.12 bits per heavy atom. The Balaban J connectivity index is 2.08. The normalized spacial score (nSPS) is 10.6. The average molecular weight is 343 g/mol. The zero-order valence-corrected chi connectivity index (χ0v) is 14.7. The van der Waals surface area contributed by atoms with Gasteiger partial charge >= 0.3 is 0 Å². The molecule has 0 aromatic heterocycles. The fourth-order valence-corrected chi connectivity index (χ4v) is 2.46. The Hall–Kier alpha value is -2.69. The summed E-state index contributed by atoms with van der Waals surface area (Å²) < 4.78 is 18.8. The third kappa shape index (κ3) is 5.14. The number of ether oxygens (including phenoxy) is 1. The smallest absolute Gasteiger partial charge is 0.261 e. The van der Waals surface area contributed by atoms with Gasteiger partial charge in [0.25, 0.3) is 5.91 Å². The van der Waals surface area contributed by atoms with Crippen LogP contribution < -0.4 is 4.74 Å². The first-order valence-electron chi connectivity index (χ1n) is 8.15. The lowest BCUT2D eigenvalue weighted by molar-refractivity contribution is -0.135. The molecule has 0 saturated heterocycles. The molecule has 2 aromatic rings. The number of hydrogen-bond donors (Lipinski definition) is 0. The van der Waals surface area contributed by atoms with Gasteiger partial charge in [-0.3, -0.25) is 9.59 Å². The summed E-state index contributed by atoms with van der Waals surface area (Å²) in [6, 6.07) is 13.4. The molecule has 4 nitrogen and oxygen atoms in total. The van der Waals surface area contributed by atoms with Crippen LogP contribution in [0.3, 0.4) is 0 Å². The number of halogens is 1. The first kappa shape index (κ1) is 18.6. The topological polar surface area (TPSA) is 46.6 Å². The van der Waals surface area contributed by atoms with Crippen LogP contribution in [0.4, 0.5) is 4.39 Å². The highest BCUT2D eigenvalue weighted by atomic mass is 19.1. The third-order valence-electron chi connectivity index (χ3n) is 3.81. The quantitative estimate of drug-likeness (QED) is 0.718. The van der Waals surface area contributed by atoms with E-state index in [1.54, 1.807) is 4.90 Å².